The van der Waals surface area contributed by atoms with Crippen LogP contribution in [0.5, 0.6) is 0 Å². The molecule has 0 aliphatic carbocycles. The van der Waals surface area contributed by atoms with Crippen LogP contribution in [-0.4, -0.2) is 38.6 Å². The lowest BCUT2D eigenvalue weighted by atomic mass is 10.2. The third kappa shape index (κ3) is 3.32. The molecule has 0 bridgehead atoms. The SMILES string of the molecule is O=P(O)(O)C(O)(CS(=O)(=O)O)c1ccccn1. The van der Waals surface area contributed by atoms with E-state index in [9.17, 15) is 18.1 Å². The molecule has 8 nitrogen and oxygen atoms in total. The summed E-state index contributed by atoms with van der Waals surface area (Å²) in [5.41, 5.74) is -0.536. The van der Waals surface area contributed by atoms with Crippen LogP contribution < -0.4 is 0 Å². The third-order valence-corrected chi connectivity index (χ3v) is 4.29. The normalized spacial score (nSPS) is 16.5. The molecular formula is C7H10NO7PS. The highest BCUT2D eigenvalue weighted by molar-refractivity contribution is 7.86. The maximum atomic E-state index is 11.2. The zero-order valence-corrected chi connectivity index (χ0v) is 10.0. The zero-order chi connectivity index (χ0) is 13.3. The van der Waals surface area contributed by atoms with Gasteiger partial charge in [-0.15, -0.1) is 0 Å². The first kappa shape index (κ1) is 14.2. The molecule has 0 amide bonds. The molecule has 4 N–H and O–H groups in total. The van der Waals surface area contributed by atoms with Crippen LogP contribution >= 0.6 is 7.60 Å². The molecule has 1 atom stereocenters. The van der Waals surface area contributed by atoms with E-state index in [1.807, 2.05) is 0 Å². The van der Waals surface area contributed by atoms with Gasteiger partial charge in [0.25, 0.3) is 10.1 Å². The quantitative estimate of drug-likeness (QED) is 0.419. The van der Waals surface area contributed by atoms with Gasteiger partial charge in [0.05, 0.1) is 5.69 Å². The van der Waals surface area contributed by atoms with Crippen molar-refractivity contribution >= 4 is 17.7 Å². The minimum absolute atomic E-state index is 0.536. The molecule has 1 heterocycles. The first-order valence-corrected chi connectivity index (χ1v) is 7.43. The average Bonchev–Trinajstić information content (AvgIpc) is 2.14. The lowest BCUT2D eigenvalue weighted by molar-refractivity contribution is 0.105. The molecule has 96 valence electrons. The average molecular weight is 283 g/mol. The van der Waals surface area contributed by atoms with Gasteiger partial charge in [-0.25, -0.2) is 0 Å². The molecular weight excluding hydrogens is 273 g/mol. The minimum Gasteiger partial charge on any atom is -0.371 e. The standard InChI is InChI=1S/C7H10NO7PS/c9-7(16(10,11)12,5-17(13,14)15)6-3-1-2-4-8-6/h1-4,9H,5H2,(H2,10,11,12)(H,13,14,15). The van der Waals surface area contributed by atoms with Gasteiger partial charge in [-0.1, -0.05) is 6.07 Å². The summed E-state index contributed by atoms with van der Waals surface area (Å²) in [4.78, 5) is 21.5. The van der Waals surface area contributed by atoms with Crippen LogP contribution in [0.2, 0.25) is 0 Å². The predicted molar refractivity (Wildman–Crippen MR) is 56.6 cm³/mol. The fourth-order valence-electron chi connectivity index (χ4n) is 1.16. The molecule has 1 rings (SSSR count). The smallest absolute Gasteiger partial charge is 0.364 e. The highest BCUT2D eigenvalue weighted by Crippen LogP contribution is 2.55. The van der Waals surface area contributed by atoms with Gasteiger partial charge >= 0.3 is 7.60 Å². The topological polar surface area (TPSA) is 145 Å². The number of aromatic nitrogens is 1. The summed E-state index contributed by atoms with van der Waals surface area (Å²) in [6.45, 7) is 0. The Hall–Kier alpha value is -0.830. The Balaban J connectivity index is 3.37. The van der Waals surface area contributed by atoms with E-state index in [0.717, 1.165) is 12.3 Å². The fourth-order valence-corrected chi connectivity index (χ4v) is 3.41. The number of aliphatic hydroxyl groups is 1. The van der Waals surface area contributed by atoms with Crippen molar-refractivity contribution in [2.24, 2.45) is 0 Å². The first-order valence-electron chi connectivity index (χ1n) is 4.21. The molecule has 0 fully saturated rings. The number of hydrogen-bond acceptors (Lipinski definition) is 5. The molecule has 10 heteroatoms. The van der Waals surface area contributed by atoms with Gasteiger partial charge in [0, 0.05) is 6.20 Å². The van der Waals surface area contributed by atoms with Crippen LogP contribution in [-0.2, 0) is 20.0 Å². The molecule has 0 saturated carbocycles. The molecule has 17 heavy (non-hydrogen) atoms. The lowest BCUT2D eigenvalue weighted by Crippen LogP contribution is -2.35. The van der Waals surface area contributed by atoms with Crippen molar-refractivity contribution in [1.29, 1.82) is 0 Å². The van der Waals surface area contributed by atoms with E-state index in [4.69, 9.17) is 14.3 Å². The van der Waals surface area contributed by atoms with E-state index in [1.54, 1.807) is 0 Å². The second-order valence-electron chi connectivity index (χ2n) is 3.30. The van der Waals surface area contributed by atoms with E-state index >= 15 is 0 Å². The number of hydrogen-bond donors (Lipinski definition) is 4. The van der Waals surface area contributed by atoms with E-state index in [2.05, 4.69) is 4.98 Å². The van der Waals surface area contributed by atoms with Gasteiger partial charge in [-0.3, -0.25) is 14.1 Å². The van der Waals surface area contributed by atoms with Crippen LogP contribution in [0.3, 0.4) is 0 Å². The highest BCUT2D eigenvalue weighted by Gasteiger charge is 2.51. The van der Waals surface area contributed by atoms with Crippen LogP contribution in [0.25, 0.3) is 0 Å². The molecule has 0 aliphatic rings. The van der Waals surface area contributed by atoms with E-state index in [1.165, 1.54) is 12.1 Å². The Morgan fingerprint density at radius 1 is 1.35 bits per heavy atom. The molecule has 1 unspecified atom stereocenters. The monoisotopic (exact) mass is 283 g/mol. The second-order valence-corrected chi connectivity index (χ2v) is 6.58. The molecule has 0 aliphatic heterocycles. The van der Waals surface area contributed by atoms with Gasteiger partial charge in [-0.05, 0) is 12.1 Å². The van der Waals surface area contributed by atoms with Gasteiger partial charge in [0.15, 0.2) is 0 Å². The summed E-state index contributed by atoms with van der Waals surface area (Å²) >= 11 is 0. The molecule has 0 aromatic carbocycles. The van der Waals surface area contributed by atoms with E-state index in [-0.39, 0.29) is 0 Å². The molecule has 0 spiro atoms. The summed E-state index contributed by atoms with van der Waals surface area (Å²) in [5.74, 6) is -1.54. The van der Waals surface area contributed by atoms with Gasteiger partial charge < -0.3 is 14.9 Å². The number of pyridine rings is 1. The summed E-state index contributed by atoms with van der Waals surface area (Å²) < 4.78 is 41.2. The molecule has 1 aromatic heterocycles. The largest absolute Gasteiger partial charge is 0.371 e. The van der Waals surface area contributed by atoms with Crippen LogP contribution in [0.1, 0.15) is 5.69 Å². The fraction of sp³-hybridized carbons (Fsp3) is 0.286. The van der Waals surface area contributed by atoms with Gasteiger partial charge in [0.2, 0.25) is 5.34 Å². The second kappa shape index (κ2) is 4.45. The number of rotatable bonds is 4. The lowest BCUT2D eigenvalue weighted by Gasteiger charge is -2.26. The Bertz CT molecular complexity index is 539. The van der Waals surface area contributed by atoms with Crippen molar-refractivity contribution in [3.05, 3.63) is 30.1 Å². The van der Waals surface area contributed by atoms with Crippen molar-refractivity contribution in [2.45, 2.75) is 5.34 Å². The summed E-state index contributed by atoms with van der Waals surface area (Å²) in [7, 11) is -10.0. The van der Waals surface area contributed by atoms with Crippen molar-refractivity contribution in [1.82, 2.24) is 4.98 Å². The first-order chi connectivity index (χ1) is 7.56. The Kier molecular flexibility index (Phi) is 3.72. The molecule has 0 radical (unpaired) electrons. The van der Waals surface area contributed by atoms with Crippen molar-refractivity contribution in [3.8, 4) is 0 Å². The van der Waals surface area contributed by atoms with Crippen LogP contribution in [0.4, 0.5) is 0 Å². The van der Waals surface area contributed by atoms with E-state index < -0.39 is 34.5 Å². The third-order valence-electron chi connectivity index (χ3n) is 1.94. The van der Waals surface area contributed by atoms with Crippen molar-refractivity contribution in [2.75, 3.05) is 5.75 Å². The Morgan fingerprint density at radius 2 is 1.94 bits per heavy atom. The maximum absolute atomic E-state index is 11.2. The van der Waals surface area contributed by atoms with Gasteiger partial charge in [-0.2, -0.15) is 8.42 Å². The van der Waals surface area contributed by atoms with Crippen LogP contribution in [0.15, 0.2) is 24.4 Å². The van der Waals surface area contributed by atoms with Crippen molar-refractivity contribution in [3.63, 3.8) is 0 Å². The highest BCUT2D eigenvalue weighted by atomic mass is 32.2. The maximum Gasteiger partial charge on any atom is 0.364 e. The predicted octanol–water partition coefficient (Wildman–Crippen LogP) is -0.708. The molecule has 0 saturated heterocycles. The van der Waals surface area contributed by atoms with Crippen molar-refractivity contribution < 1.29 is 32.4 Å². The summed E-state index contributed by atoms with van der Waals surface area (Å²) in [5, 5.41) is 6.72. The zero-order valence-electron chi connectivity index (χ0n) is 8.33. The summed E-state index contributed by atoms with van der Waals surface area (Å²) in [6, 6.07) is 3.77. The van der Waals surface area contributed by atoms with Crippen LogP contribution in [0, 0.1) is 0 Å². The van der Waals surface area contributed by atoms with E-state index in [0.29, 0.717) is 0 Å². The summed E-state index contributed by atoms with van der Waals surface area (Å²) in [6.07, 6.45) is 1.12. The Labute approximate surface area is 96.9 Å². The van der Waals surface area contributed by atoms with Gasteiger partial charge in [0.1, 0.15) is 5.75 Å². The molecule has 1 aromatic rings. The number of nitrogens with zero attached hydrogens (tertiary/aromatic N) is 1. The minimum atomic E-state index is -5.25. The Morgan fingerprint density at radius 3 is 2.29 bits per heavy atom.